The van der Waals surface area contributed by atoms with Crippen LogP contribution in [0.25, 0.3) is 0 Å². The van der Waals surface area contributed by atoms with Gasteiger partial charge in [0.25, 0.3) is 5.69 Å². The highest BCUT2D eigenvalue weighted by Gasteiger charge is 2.24. The Labute approximate surface area is 120 Å². The molecule has 0 bridgehead atoms. The van der Waals surface area contributed by atoms with Crippen molar-refractivity contribution in [2.24, 2.45) is 11.7 Å². The zero-order valence-electron chi connectivity index (χ0n) is 10.6. The molecule has 0 aliphatic heterocycles. The van der Waals surface area contributed by atoms with Crippen molar-refractivity contribution < 1.29 is 4.92 Å². The number of nitrogens with one attached hydrogen (secondary N) is 1. The summed E-state index contributed by atoms with van der Waals surface area (Å²) in [5, 5.41) is 14.3. The molecule has 1 aliphatic rings. The predicted molar refractivity (Wildman–Crippen MR) is 79.2 cm³/mol. The average molecular weight is 328 g/mol. The number of hydrogen-bond acceptors (Lipinski definition) is 4. The molecule has 104 valence electrons. The average Bonchev–Trinajstić information content (AvgIpc) is 2.41. The van der Waals surface area contributed by atoms with Gasteiger partial charge < -0.3 is 11.1 Å². The van der Waals surface area contributed by atoms with E-state index in [9.17, 15) is 10.1 Å². The highest BCUT2D eigenvalue weighted by atomic mass is 79.9. The maximum Gasteiger partial charge on any atom is 0.285 e. The summed E-state index contributed by atoms with van der Waals surface area (Å²) < 4.78 is 0.502. The molecule has 2 atom stereocenters. The Hall–Kier alpha value is -1.14. The summed E-state index contributed by atoms with van der Waals surface area (Å²) in [6, 6.07) is 5.46. The molecule has 6 heteroatoms. The van der Waals surface area contributed by atoms with Crippen molar-refractivity contribution in [1.82, 2.24) is 0 Å². The molecule has 0 radical (unpaired) electrons. The molecule has 0 saturated heterocycles. The monoisotopic (exact) mass is 327 g/mol. The second-order valence-corrected chi connectivity index (χ2v) is 5.81. The molecule has 1 fully saturated rings. The molecule has 0 amide bonds. The molecule has 2 unspecified atom stereocenters. The first kappa shape index (κ1) is 14.3. The molecule has 1 aromatic carbocycles. The van der Waals surface area contributed by atoms with E-state index in [1.165, 1.54) is 12.8 Å². The maximum absolute atomic E-state index is 10.9. The lowest BCUT2D eigenvalue weighted by atomic mass is 9.84. The number of nitro groups is 1. The van der Waals surface area contributed by atoms with E-state index in [-0.39, 0.29) is 10.6 Å². The molecule has 1 saturated carbocycles. The van der Waals surface area contributed by atoms with Crippen molar-refractivity contribution >= 4 is 27.3 Å². The van der Waals surface area contributed by atoms with Gasteiger partial charge >= 0.3 is 0 Å². The third-order valence-electron chi connectivity index (χ3n) is 3.71. The molecule has 1 aromatic rings. The topological polar surface area (TPSA) is 81.2 Å². The number of nitro benzene ring substituents is 1. The molecule has 3 N–H and O–H groups in total. The van der Waals surface area contributed by atoms with E-state index in [1.54, 1.807) is 12.1 Å². The number of halogens is 1. The van der Waals surface area contributed by atoms with Crippen LogP contribution in [-0.4, -0.2) is 17.5 Å². The number of anilines is 1. The molecule has 0 aromatic heterocycles. The van der Waals surface area contributed by atoms with Gasteiger partial charge in [-0.05, 0) is 53.4 Å². The summed E-state index contributed by atoms with van der Waals surface area (Å²) in [4.78, 5) is 10.5. The van der Waals surface area contributed by atoms with Crippen LogP contribution in [0.1, 0.15) is 25.7 Å². The fourth-order valence-corrected chi connectivity index (χ4v) is 3.03. The molecule has 0 spiro atoms. The van der Waals surface area contributed by atoms with Crippen LogP contribution in [0, 0.1) is 16.0 Å². The molecule has 5 nitrogen and oxygen atoms in total. The highest BCUT2D eigenvalue weighted by Crippen LogP contribution is 2.31. The van der Waals surface area contributed by atoms with Crippen LogP contribution in [-0.2, 0) is 0 Å². The Bertz CT molecular complexity index is 467. The Kier molecular flexibility index (Phi) is 4.76. The Balaban J connectivity index is 2.14. The number of rotatable bonds is 4. The van der Waals surface area contributed by atoms with E-state index in [0.717, 1.165) is 18.5 Å². The van der Waals surface area contributed by atoms with E-state index in [2.05, 4.69) is 21.2 Å². The van der Waals surface area contributed by atoms with Crippen molar-refractivity contribution in [3.63, 3.8) is 0 Å². The molecular weight excluding hydrogens is 310 g/mol. The van der Waals surface area contributed by atoms with Gasteiger partial charge in [0.15, 0.2) is 0 Å². The van der Waals surface area contributed by atoms with Crippen LogP contribution >= 0.6 is 15.9 Å². The Morgan fingerprint density at radius 3 is 2.84 bits per heavy atom. The largest absolute Gasteiger partial charge is 0.382 e. The summed E-state index contributed by atoms with van der Waals surface area (Å²) in [6.07, 6.45) is 4.62. The third kappa shape index (κ3) is 3.45. The minimum atomic E-state index is -0.378. The second-order valence-electron chi connectivity index (χ2n) is 4.95. The number of nitrogens with zero attached hydrogens (tertiary/aromatic N) is 1. The Morgan fingerprint density at radius 1 is 1.42 bits per heavy atom. The minimum absolute atomic E-state index is 0.0881. The van der Waals surface area contributed by atoms with E-state index in [4.69, 9.17) is 5.73 Å². The normalized spacial score (nSPS) is 23.1. The molecule has 0 heterocycles. The van der Waals surface area contributed by atoms with Crippen molar-refractivity contribution in [3.05, 3.63) is 32.8 Å². The maximum atomic E-state index is 10.9. The minimum Gasteiger partial charge on any atom is -0.382 e. The summed E-state index contributed by atoms with van der Waals surface area (Å²) in [7, 11) is 0. The van der Waals surface area contributed by atoms with Gasteiger partial charge in [0.2, 0.25) is 0 Å². The molecular formula is C13H18BrN3O2. The first-order valence-corrected chi connectivity index (χ1v) is 7.31. The van der Waals surface area contributed by atoms with Crippen LogP contribution in [0.15, 0.2) is 22.7 Å². The molecule has 1 aliphatic carbocycles. The van der Waals surface area contributed by atoms with Crippen LogP contribution in [0.4, 0.5) is 11.4 Å². The van der Waals surface area contributed by atoms with Gasteiger partial charge in [0, 0.05) is 17.8 Å². The molecule has 2 rings (SSSR count). The zero-order valence-corrected chi connectivity index (χ0v) is 12.2. The number of nitrogens with two attached hydrogens (primary N) is 1. The van der Waals surface area contributed by atoms with Crippen molar-refractivity contribution in [1.29, 1.82) is 0 Å². The fraction of sp³-hybridized carbons (Fsp3) is 0.538. The smallest absolute Gasteiger partial charge is 0.285 e. The first-order valence-electron chi connectivity index (χ1n) is 6.52. The summed E-state index contributed by atoms with van der Waals surface area (Å²) >= 11 is 3.19. The van der Waals surface area contributed by atoms with Gasteiger partial charge in [-0.1, -0.05) is 12.8 Å². The van der Waals surface area contributed by atoms with Gasteiger partial charge in [0.1, 0.15) is 0 Å². The van der Waals surface area contributed by atoms with Gasteiger partial charge in [-0.15, -0.1) is 0 Å². The first-order chi connectivity index (χ1) is 9.11. The van der Waals surface area contributed by atoms with Crippen molar-refractivity contribution in [2.45, 2.75) is 31.7 Å². The van der Waals surface area contributed by atoms with Crippen LogP contribution in [0.5, 0.6) is 0 Å². The van der Waals surface area contributed by atoms with Gasteiger partial charge in [-0.2, -0.15) is 0 Å². The van der Waals surface area contributed by atoms with E-state index >= 15 is 0 Å². The summed E-state index contributed by atoms with van der Waals surface area (Å²) in [5.74, 6) is 0.455. The fourth-order valence-electron chi connectivity index (χ4n) is 2.64. The van der Waals surface area contributed by atoms with E-state index < -0.39 is 0 Å². The lowest BCUT2D eigenvalue weighted by Gasteiger charge is -2.32. The predicted octanol–water partition coefficient (Wildman–Crippen LogP) is 3.29. The molecule has 19 heavy (non-hydrogen) atoms. The van der Waals surface area contributed by atoms with Gasteiger partial charge in [-0.3, -0.25) is 10.1 Å². The number of hydrogen-bond donors (Lipinski definition) is 2. The van der Waals surface area contributed by atoms with Crippen molar-refractivity contribution in [2.75, 3.05) is 11.9 Å². The highest BCUT2D eigenvalue weighted by molar-refractivity contribution is 9.10. The van der Waals surface area contributed by atoms with E-state index in [0.29, 0.717) is 23.0 Å². The Morgan fingerprint density at radius 2 is 2.16 bits per heavy atom. The van der Waals surface area contributed by atoms with Crippen molar-refractivity contribution in [3.8, 4) is 0 Å². The third-order valence-corrected chi connectivity index (χ3v) is 4.38. The van der Waals surface area contributed by atoms with E-state index in [1.807, 2.05) is 6.07 Å². The summed E-state index contributed by atoms with van der Waals surface area (Å²) in [5.41, 5.74) is 6.67. The van der Waals surface area contributed by atoms with Crippen LogP contribution in [0.2, 0.25) is 0 Å². The lowest BCUT2D eigenvalue weighted by molar-refractivity contribution is -0.385. The zero-order chi connectivity index (χ0) is 13.8. The van der Waals surface area contributed by atoms with Gasteiger partial charge in [0.05, 0.1) is 9.40 Å². The van der Waals surface area contributed by atoms with Crippen LogP contribution in [0.3, 0.4) is 0 Å². The quantitative estimate of drug-likeness (QED) is 0.656. The van der Waals surface area contributed by atoms with Crippen LogP contribution < -0.4 is 11.1 Å². The standard InChI is InChI=1S/C13H18BrN3O2/c14-11-6-5-10(7-13(11)17(18)19)16-12-4-2-1-3-9(12)8-15/h5-7,9,12,16H,1-4,8,15H2. The summed E-state index contributed by atoms with van der Waals surface area (Å²) in [6.45, 7) is 0.663. The number of benzene rings is 1. The SMILES string of the molecule is NCC1CCCCC1Nc1ccc(Br)c([N+](=O)[O-])c1. The second kappa shape index (κ2) is 6.34. The lowest BCUT2D eigenvalue weighted by Crippen LogP contribution is -2.36. The van der Waals surface area contributed by atoms with Gasteiger partial charge in [-0.25, -0.2) is 0 Å².